The first kappa shape index (κ1) is 13.4. The Labute approximate surface area is 107 Å². The van der Waals surface area contributed by atoms with Crippen molar-refractivity contribution < 1.29 is 0 Å². The molecule has 100 valence electrons. The second-order valence-electron chi connectivity index (χ2n) is 7.60. The summed E-state index contributed by atoms with van der Waals surface area (Å²) in [6.45, 7) is 11.1. The molecular weight excluding hydrogens is 208 g/mol. The number of nitrogens with one attached hydrogen (secondary N) is 1. The average molecular weight is 238 g/mol. The number of likely N-dealkylation sites (tertiary alicyclic amines) is 1. The fourth-order valence-electron chi connectivity index (χ4n) is 3.34. The molecule has 1 saturated carbocycles. The number of piperidine rings is 1. The van der Waals surface area contributed by atoms with Gasteiger partial charge in [-0.05, 0) is 63.1 Å². The molecule has 0 aromatic rings. The van der Waals surface area contributed by atoms with Crippen LogP contribution in [0.3, 0.4) is 0 Å². The van der Waals surface area contributed by atoms with Crippen LogP contribution in [0, 0.1) is 10.8 Å². The SMILES string of the molecule is CN1CCC(C)(CNC2CCC(C)(C)C2)CC1. The summed E-state index contributed by atoms with van der Waals surface area (Å²) in [7, 11) is 2.24. The molecule has 17 heavy (non-hydrogen) atoms. The fraction of sp³-hybridized carbons (Fsp3) is 1.00. The number of hydrogen-bond acceptors (Lipinski definition) is 2. The highest BCUT2D eigenvalue weighted by Crippen LogP contribution is 2.37. The molecular formula is C15H30N2. The number of nitrogens with zero attached hydrogens (tertiary/aromatic N) is 1. The Balaban J connectivity index is 1.75. The first-order chi connectivity index (χ1) is 7.89. The van der Waals surface area contributed by atoms with E-state index in [1.165, 1.54) is 51.7 Å². The van der Waals surface area contributed by atoms with Crippen molar-refractivity contribution in [1.29, 1.82) is 0 Å². The lowest BCUT2D eigenvalue weighted by molar-refractivity contribution is 0.133. The normalized spacial score (nSPS) is 32.8. The van der Waals surface area contributed by atoms with E-state index in [4.69, 9.17) is 0 Å². The maximum Gasteiger partial charge on any atom is 0.00725 e. The molecule has 2 aliphatic rings. The molecule has 2 fully saturated rings. The molecule has 0 aromatic carbocycles. The van der Waals surface area contributed by atoms with Crippen LogP contribution in [0.25, 0.3) is 0 Å². The minimum atomic E-state index is 0.541. The topological polar surface area (TPSA) is 15.3 Å². The monoisotopic (exact) mass is 238 g/mol. The fourth-order valence-corrected chi connectivity index (χ4v) is 3.34. The van der Waals surface area contributed by atoms with Gasteiger partial charge < -0.3 is 10.2 Å². The molecule has 2 nitrogen and oxygen atoms in total. The highest BCUT2D eigenvalue weighted by molar-refractivity contribution is 4.89. The second-order valence-corrected chi connectivity index (χ2v) is 7.60. The van der Waals surface area contributed by atoms with Gasteiger partial charge in [0.2, 0.25) is 0 Å². The van der Waals surface area contributed by atoms with E-state index in [9.17, 15) is 0 Å². The summed E-state index contributed by atoms with van der Waals surface area (Å²) >= 11 is 0. The van der Waals surface area contributed by atoms with Gasteiger partial charge in [0, 0.05) is 12.6 Å². The van der Waals surface area contributed by atoms with Crippen molar-refractivity contribution in [3.8, 4) is 0 Å². The smallest absolute Gasteiger partial charge is 0.00725 e. The van der Waals surface area contributed by atoms with Crippen LogP contribution in [0.2, 0.25) is 0 Å². The maximum atomic E-state index is 3.84. The maximum absolute atomic E-state index is 3.84. The van der Waals surface area contributed by atoms with Gasteiger partial charge in [-0.15, -0.1) is 0 Å². The first-order valence-electron chi connectivity index (χ1n) is 7.31. The molecule has 0 bridgehead atoms. The quantitative estimate of drug-likeness (QED) is 0.813. The molecule has 1 saturated heterocycles. The van der Waals surface area contributed by atoms with Crippen LogP contribution in [-0.2, 0) is 0 Å². The molecule has 1 N–H and O–H groups in total. The molecule has 1 aliphatic heterocycles. The molecule has 2 rings (SSSR count). The standard InChI is InChI=1S/C15H30N2/c1-14(2)6-5-13(11-14)16-12-15(3)7-9-17(4)10-8-15/h13,16H,5-12H2,1-4H3. The van der Waals surface area contributed by atoms with Gasteiger partial charge in [-0.2, -0.15) is 0 Å². The van der Waals surface area contributed by atoms with Crippen molar-refractivity contribution >= 4 is 0 Å². The molecule has 0 amide bonds. The average Bonchev–Trinajstić information content (AvgIpc) is 2.61. The van der Waals surface area contributed by atoms with Crippen molar-refractivity contribution in [2.45, 2.75) is 58.9 Å². The van der Waals surface area contributed by atoms with Gasteiger partial charge in [0.1, 0.15) is 0 Å². The molecule has 1 unspecified atom stereocenters. The summed E-state index contributed by atoms with van der Waals surface area (Å²) in [4.78, 5) is 2.46. The van der Waals surface area contributed by atoms with Crippen LogP contribution >= 0.6 is 0 Å². The molecule has 2 heteroatoms. The van der Waals surface area contributed by atoms with E-state index in [1.54, 1.807) is 0 Å². The zero-order chi connectivity index (χ0) is 12.5. The van der Waals surface area contributed by atoms with E-state index >= 15 is 0 Å². The third kappa shape index (κ3) is 3.69. The van der Waals surface area contributed by atoms with Gasteiger partial charge in [0.25, 0.3) is 0 Å². The largest absolute Gasteiger partial charge is 0.313 e. The molecule has 1 heterocycles. The molecule has 0 radical (unpaired) electrons. The van der Waals surface area contributed by atoms with Gasteiger partial charge in [0.05, 0.1) is 0 Å². The van der Waals surface area contributed by atoms with Crippen molar-refractivity contribution in [3.05, 3.63) is 0 Å². The van der Waals surface area contributed by atoms with Crippen LogP contribution in [0.1, 0.15) is 52.9 Å². The minimum Gasteiger partial charge on any atom is -0.313 e. The Morgan fingerprint density at radius 1 is 1.12 bits per heavy atom. The summed E-state index contributed by atoms with van der Waals surface area (Å²) < 4.78 is 0. The van der Waals surface area contributed by atoms with Gasteiger partial charge >= 0.3 is 0 Å². The molecule has 0 spiro atoms. The highest BCUT2D eigenvalue weighted by atomic mass is 15.1. The Kier molecular flexibility index (Phi) is 3.84. The van der Waals surface area contributed by atoms with Gasteiger partial charge in [-0.1, -0.05) is 20.8 Å². The van der Waals surface area contributed by atoms with Crippen LogP contribution < -0.4 is 5.32 Å². The van der Waals surface area contributed by atoms with Gasteiger partial charge in [-0.25, -0.2) is 0 Å². The Hall–Kier alpha value is -0.0800. The van der Waals surface area contributed by atoms with E-state index in [0.717, 1.165) is 6.04 Å². The lowest BCUT2D eigenvalue weighted by Crippen LogP contribution is -2.44. The molecule has 1 aliphatic carbocycles. The van der Waals surface area contributed by atoms with Crippen LogP contribution in [0.5, 0.6) is 0 Å². The van der Waals surface area contributed by atoms with Crippen molar-refractivity contribution in [3.63, 3.8) is 0 Å². The second kappa shape index (κ2) is 4.89. The van der Waals surface area contributed by atoms with E-state index < -0.39 is 0 Å². The highest BCUT2D eigenvalue weighted by Gasteiger charge is 2.33. The van der Waals surface area contributed by atoms with E-state index in [0.29, 0.717) is 10.8 Å². The van der Waals surface area contributed by atoms with Gasteiger partial charge in [0.15, 0.2) is 0 Å². The Bertz CT molecular complexity index is 252. The van der Waals surface area contributed by atoms with Crippen LogP contribution in [0.15, 0.2) is 0 Å². The summed E-state index contributed by atoms with van der Waals surface area (Å²) in [6.07, 6.45) is 6.84. The number of hydrogen-bond donors (Lipinski definition) is 1. The van der Waals surface area contributed by atoms with Crippen molar-refractivity contribution in [1.82, 2.24) is 10.2 Å². The Morgan fingerprint density at radius 2 is 1.76 bits per heavy atom. The minimum absolute atomic E-state index is 0.541. The van der Waals surface area contributed by atoms with Crippen molar-refractivity contribution in [2.75, 3.05) is 26.7 Å². The zero-order valence-corrected chi connectivity index (χ0v) is 12.2. The summed E-state index contributed by atoms with van der Waals surface area (Å²) in [5.74, 6) is 0. The lowest BCUT2D eigenvalue weighted by atomic mass is 9.80. The zero-order valence-electron chi connectivity index (χ0n) is 12.2. The predicted molar refractivity (Wildman–Crippen MR) is 74.3 cm³/mol. The van der Waals surface area contributed by atoms with E-state index in [2.05, 4.69) is 38.0 Å². The summed E-state index contributed by atoms with van der Waals surface area (Å²) in [5, 5.41) is 3.84. The van der Waals surface area contributed by atoms with E-state index in [-0.39, 0.29) is 0 Å². The summed E-state index contributed by atoms with van der Waals surface area (Å²) in [5.41, 5.74) is 1.12. The van der Waals surface area contributed by atoms with Crippen LogP contribution in [0.4, 0.5) is 0 Å². The van der Waals surface area contributed by atoms with Crippen LogP contribution in [-0.4, -0.2) is 37.6 Å². The number of rotatable bonds is 3. The molecule has 1 atom stereocenters. The predicted octanol–water partition coefficient (Wildman–Crippen LogP) is 2.89. The third-order valence-corrected chi connectivity index (χ3v) is 4.98. The van der Waals surface area contributed by atoms with Gasteiger partial charge in [-0.3, -0.25) is 0 Å². The van der Waals surface area contributed by atoms with E-state index in [1.807, 2.05) is 0 Å². The third-order valence-electron chi connectivity index (χ3n) is 4.98. The Morgan fingerprint density at radius 3 is 2.29 bits per heavy atom. The summed E-state index contributed by atoms with van der Waals surface area (Å²) in [6, 6.07) is 0.779. The molecule has 0 aromatic heterocycles. The first-order valence-corrected chi connectivity index (χ1v) is 7.31. The van der Waals surface area contributed by atoms with Crippen molar-refractivity contribution in [2.24, 2.45) is 10.8 Å². The lowest BCUT2D eigenvalue weighted by Gasteiger charge is -2.38.